The normalized spacial score (nSPS) is 10.2. The third-order valence-electron chi connectivity index (χ3n) is 1.94. The predicted molar refractivity (Wildman–Crippen MR) is 67.5 cm³/mol. The minimum absolute atomic E-state index is 0.134. The molecule has 0 spiro atoms. The second kappa shape index (κ2) is 5.61. The number of thiocarbonyl (C=S) groups is 1. The zero-order valence-corrected chi connectivity index (χ0v) is 10.2. The number of benzene rings is 1. The van der Waals surface area contributed by atoms with E-state index in [1.165, 1.54) is 0 Å². The first-order valence-electron chi connectivity index (χ1n) is 5.08. The summed E-state index contributed by atoms with van der Waals surface area (Å²) in [5.41, 5.74) is 6.81. The van der Waals surface area contributed by atoms with E-state index >= 15 is 0 Å². The van der Waals surface area contributed by atoms with E-state index in [0.29, 0.717) is 17.0 Å². The Balaban J connectivity index is 2.94. The van der Waals surface area contributed by atoms with Crippen molar-refractivity contribution in [1.29, 1.82) is 0 Å². The van der Waals surface area contributed by atoms with Crippen LogP contribution in [0.25, 0.3) is 0 Å². The van der Waals surface area contributed by atoms with Crippen molar-refractivity contribution >= 4 is 23.2 Å². The average Bonchev–Trinajstić information content (AvgIpc) is 2.16. The molecule has 0 amide bonds. The molecule has 1 rings (SSSR count). The molecule has 0 aromatic heterocycles. The highest BCUT2D eigenvalue weighted by atomic mass is 32.1. The number of hydrogen-bond donors (Lipinski definition) is 1. The van der Waals surface area contributed by atoms with E-state index in [1.54, 1.807) is 12.1 Å². The first-order chi connectivity index (χ1) is 7.50. The van der Waals surface area contributed by atoms with Gasteiger partial charge in [0.25, 0.3) is 0 Å². The van der Waals surface area contributed by atoms with Crippen LogP contribution < -0.4 is 5.73 Å². The van der Waals surface area contributed by atoms with Crippen LogP contribution in [0.3, 0.4) is 0 Å². The van der Waals surface area contributed by atoms with E-state index in [2.05, 4.69) is 0 Å². The SMILES string of the molecule is CC(C)OC(=O)c1ccccc1CC(N)=S. The number of rotatable bonds is 4. The van der Waals surface area contributed by atoms with Gasteiger partial charge in [-0.3, -0.25) is 0 Å². The Hall–Kier alpha value is -1.42. The van der Waals surface area contributed by atoms with Crippen LogP contribution in [0, 0.1) is 0 Å². The van der Waals surface area contributed by atoms with Crippen LogP contribution in [0.2, 0.25) is 0 Å². The topological polar surface area (TPSA) is 52.3 Å². The largest absolute Gasteiger partial charge is 0.459 e. The highest BCUT2D eigenvalue weighted by Crippen LogP contribution is 2.12. The summed E-state index contributed by atoms with van der Waals surface area (Å²) in [6.45, 7) is 3.63. The third-order valence-corrected chi connectivity index (χ3v) is 2.09. The lowest BCUT2D eigenvalue weighted by Gasteiger charge is -2.11. The highest BCUT2D eigenvalue weighted by molar-refractivity contribution is 7.80. The van der Waals surface area contributed by atoms with Crippen LogP contribution in [-0.4, -0.2) is 17.1 Å². The Bertz CT molecular complexity index is 402. The van der Waals surface area contributed by atoms with Gasteiger partial charge < -0.3 is 10.5 Å². The number of hydrogen-bond acceptors (Lipinski definition) is 3. The van der Waals surface area contributed by atoms with E-state index in [-0.39, 0.29) is 12.1 Å². The molecule has 0 aliphatic carbocycles. The maximum absolute atomic E-state index is 11.8. The smallest absolute Gasteiger partial charge is 0.338 e. The molecule has 4 heteroatoms. The van der Waals surface area contributed by atoms with Gasteiger partial charge in [-0.1, -0.05) is 30.4 Å². The molecule has 0 heterocycles. The Morgan fingerprint density at radius 2 is 2.06 bits per heavy atom. The zero-order valence-electron chi connectivity index (χ0n) is 9.40. The van der Waals surface area contributed by atoms with Gasteiger partial charge in [0, 0.05) is 6.42 Å². The maximum Gasteiger partial charge on any atom is 0.338 e. The van der Waals surface area contributed by atoms with Gasteiger partial charge in [0.15, 0.2) is 0 Å². The first kappa shape index (κ1) is 12.6. The van der Waals surface area contributed by atoms with Crippen molar-refractivity contribution in [3.05, 3.63) is 35.4 Å². The van der Waals surface area contributed by atoms with Crippen LogP contribution >= 0.6 is 12.2 Å². The van der Waals surface area contributed by atoms with Crippen molar-refractivity contribution in [1.82, 2.24) is 0 Å². The summed E-state index contributed by atoms with van der Waals surface area (Å²) < 4.78 is 5.14. The number of esters is 1. The Kier molecular flexibility index (Phi) is 4.43. The van der Waals surface area contributed by atoms with E-state index in [9.17, 15) is 4.79 Å². The lowest BCUT2D eigenvalue weighted by molar-refractivity contribution is 0.0377. The molecule has 86 valence electrons. The molecule has 0 aliphatic rings. The molecule has 0 saturated carbocycles. The quantitative estimate of drug-likeness (QED) is 0.643. The third kappa shape index (κ3) is 3.62. The molecule has 2 N–H and O–H groups in total. The first-order valence-corrected chi connectivity index (χ1v) is 5.48. The van der Waals surface area contributed by atoms with Crippen molar-refractivity contribution < 1.29 is 9.53 Å². The number of carbonyl (C=O) groups is 1. The predicted octanol–water partition coefficient (Wildman–Crippen LogP) is 2.08. The second-order valence-electron chi connectivity index (χ2n) is 3.75. The summed E-state index contributed by atoms with van der Waals surface area (Å²) in [6.07, 6.45) is 0.281. The van der Waals surface area contributed by atoms with Crippen LogP contribution in [0.1, 0.15) is 29.8 Å². The molecule has 0 unspecified atom stereocenters. The fraction of sp³-hybridized carbons (Fsp3) is 0.333. The van der Waals surface area contributed by atoms with Crippen LogP contribution in [0.4, 0.5) is 0 Å². The minimum Gasteiger partial charge on any atom is -0.459 e. The van der Waals surface area contributed by atoms with Gasteiger partial charge >= 0.3 is 5.97 Å². The van der Waals surface area contributed by atoms with Gasteiger partial charge in [-0.15, -0.1) is 0 Å². The van der Waals surface area contributed by atoms with Crippen molar-refractivity contribution in [2.24, 2.45) is 5.73 Å². The van der Waals surface area contributed by atoms with Crippen LogP contribution in [-0.2, 0) is 11.2 Å². The summed E-state index contributed by atoms with van der Waals surface area (Å²) in [6, 6.07) is 7.19. The Morgan fingerprint density at radius 1 is 1.44 bits per heavy atom. The average molecular weight is 237 g/mol. The molecule has 1 aromatic carbocycles. The van der Waals surface area contributed by atoms with Gasteiger partial charge in [0.05, 0.1) is 16.7 Å². The van der Waals surface area contributed by atoms with E-state index < -0.39 is 0 Å². The minimum atomic E-state index is -0.332. The molecule has 16 heavy (non-hydrogen) atoms. The summed E-state index contributed by atoms with van der Waals surface area (Å²) in [7, 11) is 0. The second-order valence-corrected chi connectivity index (χ2v) is 4.28. The van der Waals surface area contributed by atoms with Crippen molar-refractivity contribution in [2.45, 2.75) is 26.4 Å². The zero-order chi connectivity index (χ0) is 12.1. The monoisotopic (exact) mass is 237 g/mol. The molecule has 0 radical (unpaired) electrons. The molecule has 3 nitrogen and oxygen atoms in total. The fourth-order valence-corrected chi connectivity index (χ4v) is 1.49. The van der Waals surface area contributed by atoms with Gasteiger partial charge in [0.1, 0.15) is 0 Å². The van der Waals surface area contributed by atoms with Crippen molar-refractivity contribution in [2.75, 3.05) is 0 Å². The molecule has 0 aliphatic heterocycles. The summed E-state index contributed by atoms with van der Waals surface area (Å²) >= 11 is 4.84. The fourth-order valence-electron chi connectivity index (χ4n) is 1.34. The van der Waals surface area contributed by atoms with Crippen LogP contribution in [0.5, 0.6) is 0 Å². The summed E-state index contributed by atoms with van der Waals surface area (Å²) in [5, 5.41) is 0. The number of nitrogens with two attached hydrogens (primary N) is 1. The van der Waals surface area contributed by atoms with Crippen molar-refractivity contribution in [3.63, 3.8) is 0 Å². The van der Waals surface area contributed by atoms with Gasteiger partial charge in [-0.2, -0.15) is 0 Å². The molecular weight excluding hydrogens is 222 g/mol. The highest BCUT2D eigenvalue weighted by Gasteiger charge is 2.13. The summed E-state index contributed by atoms with van der Waals surface area (Å²) in [4.78, 5) is 12.1. The lowest BCUT2D eigenvalue weighted by atomic mass is 10.0. The summed E-state index contributed by atoms with van der Waals surface area (Å²) in [5.74, 6) is -0.332. The molecule has 0 saturated heterocycles. The standard InChI is InChI=1S/C12H15NO2S/c1-8(2)15-12(14)10-6-4-3-5-9(10)7-11(13)16/h3-6,8H,7H2,1-2H3,(H2,13,16). The molecule has 0 atom stereocenters. The molecule has 0 fully saturated rings. The lowest BCUT2D eigenvalue weighted by Crippen LogP contribution is -2.17. The number of carbonyl (C=O) groups excluding carboxylic acids is 1. The Morgan fingerprint density at radius 3 is 2.62 bits per heavy atom. The van der Waals surface area contributed by atoms with Gasteiger partial charge in [-0.25, -0.2) is 4.79 Å². The van der Waals surface area contributed by atoms with Crippen LogP contribution in [0.15, 0.2) is 24.3 Å². The van der Waals surface area contributed by atoms with E-state index in [0.717, 1.165) is 5.56 Å². The Labute approximate surface area is 101 Å². The van der Waals surface area contributed by atoms with Crippen molar-refractivity contribution in [3.8, 4) is 0 Å². The van der Waals surface area contributed by atoms with E-state index in [4.69, 9.17) is 22.7 Å². The van der Waals surface area contributed by atoms with Gasteiger partial charge in [-0.05, 0) is 25.5 Å². The number of ether oxygens (including phenoxy) is 1. The molecular formula is C12H15NO2S. The maximum atomic E-state index is 11.8. The van der Waals surface area contributed by atoms with E-state index in [1.807, 2.05) is 26.0 Å². The van der Waals surface area contributed by atoms with Gasteiger partial charge in [0.2, 0.25) is 0 Å². The molecule has 1 aromatic rings. The molecule has 0 bridgehead atoms.